The lowest BCUT2D eigenvalue weighted by Gasteiger charge is -2.19. The van der Waals surface area contributed by atoms with E-state index < -0.39 is 0 Å². The first-order valence-corrected chi connectivity index (χ1v) is 17.8. The van der Waals surface area contributed by atoms with Crippen molar-refractivity contribution in [3.63, 3.8) is 0 Å². The summed E-state index contributed by atoms with van der Waals surface area (Å²) in [5, 5.41) is 24.0. The molecule has 2 heterocycles. The van der Waals surface area contributed by atoms with Gasteiger partial charge >= 0.3 is 0 Å². The van der Waals surface area contributed by atoms with Crippen LogP contribution in [0.1, 0.15) is 11.1 Å². The molecule has 10 rings (SSSR count). The van der Waals surface area contributed by atoms with Crippen LogP contribution in [-0.4, -0.2) is 0 Å². The van der Waals surface area contributed by atoms with Gasteiger partial charge in [0.05, 0.1) is 23.3 Å². The highest BCUT2D eigenvalue weighted by Crippen LogP contribution is 2.44. The zero-order chi connectivity index (χ0) is 36.2. The third-order valence-corrected chi connectivity index (χ3v) is 10.3. The van der Waals surface area contributed by atoms with Gasteiger partial charge in [-0.1, -0.05) is 91.0 Å². The summed E-state index contributed by atoms with van der Waals surface area (Å²) >= 11 is 0. The van der Waals surface area contributed by atoms with Gasteiger partial charge in [-0.2, -0.15) is 10.5 Å². The molecule has 0 N–H and O–H groups in total. The number of hydrogen-bond acceptors (Lipinski definition) is 4. The number of furan rings is 2. The van der Waals surface area contributed by atoms with Crippen LogP contribution in [0.3, 0.4) is 0 Å². The summed E-state index contributed by atoms with van der Waals surface area (Å²) < 4.78 is 12.4. The first-order valence-electron chi connectivity index (χ1n) is 17.8. The molecule has 0 radical (unpaired) electrons. The molecule has 0 spiro atoms. The normalized spacial score (nSPS) is 11.3. The van der Waals surface area contributed by atoms with Crippen molar-refractivity contribution in [2.75, 3.05) is 0 Å². The minimum Gasteiger partial charge on any atom is -0.456 e. The van der Waals surface area contributed by atoms with Crippen LogP contribution in [0.2, 0.25) is 0 Å². The van der Waals surface area contributed by atoms with E-state index in [-0.39, 0.29) is 0 Å². The zero-order valence-electron chi connectivity index (χ0n) is 28.9. The fourth-order valence-corrected chi connectivity index (χ4v) is 7.77. The van der Waals surface area contributed by atoms with Gasteiger partial charge < -0.3 is 8.83 Å². The van der Waals surface area contributed by atoms with Crippen LogP contribution in [-0.2, 0) is 0 Å². The van der Waals surface area contributed by atoms with E-state index in [0.717, 1.165) is 99.5 Å². The van der Waals surface area contributed by atoms with Gasteiger partial charge in [0.15, 0.2) is 0 Å². The average Bonchev–Trinajstić information content (AvgIpc) is 3.81. The Bertz CT molecular complexity index is 3000. The molecular formula is C50H28N2O2. The number of fused-ring (bicyclic) bond motifs is 6. The molecule has 0 unspecified atom stereocenters. The quantitative estimate of drug-likeness (QED) is 0.180. The Balaban J connectivity index is 1.27. The van der Waals surface area contributed by atoms with Crippen molar-refractivity contribution in [2.24, 2.45) is 0 Å². The molecule has 54 heavy (non-hydrogen) atoms. The Kier molecular flexibility index (Phi) is 7.22. The third-order valence-electron chi connectivity index (χ3n) is 10.3. The van der Waals surface area contributed by atoms with Crippen LogP contribution in [0, 0.1) is 22.7 Å². The second-order valence-corrected chi connectivity index (χ2v) is 13.5. The molecule has 4 nitrogen and oxygen atoms in total. The van der Waals surface area contributed by atoms with Crippen LogP contribution in [0.15, 0.2) is 179 Å². The van der Waals surface area contributed by atoms with Crippen LogP contribution in [0.5, 0.6) is 0 Å². The molecule has 10 aromatic rings. The van der Waals surface area contributed by atoms with E-state index >= 15 is 0 Å². The minimum absolute atomic E-state index is 0.589. The summed E-state index contributed by atoms with van der Waals surface area (Å²) in [5.41, 5.74) is 14.7. The molecule has 250 valence electrons. The number of nitrogens with zero attached hydrogens (tertiary/aromatic N) is 2. The minimum atomic E-state index is 0.589. The second-order valence-electron chi connectivity index (χ2n) is 13.5. The van der Waals surface area contributed by atoms with Crippen LogP contribution in [0.4, 0.5) is 0 Å². The maximum Gasteiger partial charge on any atom is 0.135 e. The molecule has 0 saturated carbocycles. The maximum absolute atomic E-state index is 9.87. The Morgan fingerprint density at radius 2 is 0.759 bits per heavy atom. The highest BCUT2D eigenvalue weighted by molar-refractivity contribution is 6.08. The largest absolute Gasteiger partial charge is 0.456 e. The van der Waals surface area contributed by atoms with E-state index in [1.165, 1.54) is 0 Å². The number of nitriles is 2. The number of benzene rings is 8. The predicted octanol–water partition coefficient (Wildman–Crippen LogP) is 13.6. The Morgan fingerprint density at radius 3 is 1.26 bits per heavy atom. The van der Waals surface area contributed by atoms with Gasteiger partial charge in [0.25, 0.3) is 0 Å². The van der Waals surface area contributed by atoms with Crippen molar-refractivity contribution < 1.29 is 8.83 Å². The summed E-state index contributed by atoms with van der Waals surface area (Å²) in [7, 11) is 0. The van der Waals surface area contributed by atoms with E-state index in [1.54, 1.807) is 0 Å². The molecular weight excluding hydrogens is 661 g/mol. The van der Waals surface area contributed by atoms with Crippen molar-refractivity contribution in [3.05, 3.63) is 181 Å². The summed E-state index contributed by atoms with van der Waals surface area (Å²) in [4.78, 5) is 0. The fraction of sp³-hybridized carbons (Fsp3) is 0. The number of para-hydroxylation sites is 2. The molecule has 2 aromatic heterocycles. The number of rotatable bonds is 5. The molecule has 0 aliphatic carbocycles. The van der Waals surface area contributed by atoms with Gasteiger partial charge in [-0.3, -0.25) is 0 Å². The second kappa shape index (κ2) is 12.5. The summed E-state index contributed by atoms with van der Waals surface area (Å²) in [6.07, 6.45) is 0. The monoisotopic (exact) mass is 688 g/mol. The van der Waals surface area contributed by atoms with Crippen LogP contribution < -0.4 is 0 Å². The molecule has 8 aromatic carbocycles. The lowest BCUT2D eigenvalue weighted by molar-refractivity contribution is 0.668. The molecule has 4 heteroatoms. The fourth-order valence-electron chi connectivity index (χ4n) is 7.77. The van der Waals surface area contributed by atoms with Crippen molar-refractivity contribution >= 4 is 43.9 Å². The highest BCUT2D eigenvalue weighted by Gasteiger charge is 2.19. The van der Waals surface area contributed by atoms with Gasteiger partial charge in [-0.05, 0) is 134 Å². The molecule has 0 fully saturated rings. The summed E-state index contributed by atoms with van der Waals surface area (Å²) in [6, 6.07) is 62.3. The lowest BCUT2D eigenvalue weighted by atomic mass is 9.84. The van der Waals surface area contributed by atoms with E-state index in [2.05, 4.69) is 103 Å². The van der Waals surface area contributed by atoms with Gasteiger partial charge in [0.1, 0.15) is 22.3 Å². The molecule has 0 bridgehead atoms. The van der Waals surface area contributed by atoms with Crippen molar-refractivity contribution in [1.82, 2.24) is 0 Å². The van der Waals surface area contributed by atoms with E-state index in [4.69, 9.17) is 8.83 Å². The Morgan fingerprint density at radius 1 is 0.315 bits per heavy atom. The average molecular weight is 689 g/mol. The maximum atomic E-state index is 9.87. The summed E-state index contributed by atoms with van der Waals surface area (Å²) in [5.74, 6) is 0. The first kappa shape index (κ1) is 31.1. The molecule has 0 atom stereocenters. The van der Waals surface area contributed by atoms with E-state index in [0.29, 0.717) is 11.1 Å². The van der Waals surface area contributed by atoms with Crippen LogP contribution in [0.25, 0.3) is 99.5 Å². The smallest absolute Gasteiger partial charge is 0.135 e. The van der Waals surface area contributed by atoms with Gasteiger partial charge in [0, 0.05) is 21.5 Å². The molecule has 0 saturated heterocycles. The summed E-state index contributed by atoms with van der Waals surface area (Å²) in [6.45, 7) is 0. The van der Waals surface area contributed by atoms with E-state index in [1.807, 2.05) is 78.9 Å². The van der Waals surface area contributed by atoms with Gasteiger partial charge in [-0.15, -0.1) is 0 Å². The first-order chi connectivity index (χ1) is 26.6. The predicted molar refractivity (Wildman–Crippen MR) is 218 cm³/mol. The molecule has 0 amide bonds. The van der Waals surface area contributed by atoms with Gasteiger partial charge in [-0.25, -0.2) is 0 Å². The topological polar surface area (TPSA) is 73.9 Å². The molecule has 0 aliphatic rings. The molecule has 0 aliphatic heterocycles. The number of hydrogen-bond donors (Lipinski definition) is 0. The van der Waals surface area contributed by atoms with E-state index in [9.17, 15) is 10.5 Å². The zero-order valence-corrected chi connectivity index (χ0v) is 28.9. The van der Waals surface area contributed by atoms with Crippen molar-refractivity contribution in [1.29, 1.82) is 10.5 Å². The lowest BCUT2D eigenvalue weighted by Crippen LogP contribution is -1.93. The van der Waals surface area contributed by atoms with Crippen LogP contribution >= 0.6 is 0 Å². The SMILES string of the molecule is N#Cc1cccc(-c2cccc(-c3cccc(C#N)c3)c2-c2cc(-c3ccc4oc5ccccc5c4c3)cc(-c3ccc4oc5ccccc5c4c3)c2)c1. The highest BCUT2D eigenvalue weighted by atomic mass is 16.3. The van der Waals surface area contributed by atoms with Crippen molar-refractivity contribution in [3.8, 4) is 67.8 Å². The van der Waals surface area contributed by atoms with Crippen molar-refractivity contribution in [2.45, 2.75) is 0 Å². The van der Waals surface area contributed by atoms with Gasteiger partial charge in [0.2, 0.25) is 0 Å². The standard InChI is InChI=1S/C50H28N2O2/c51-29-31-8-5-10-35(22-31)40-14-7-15-41(36-11-6-9-32(23-36)30-52)50(40)39-25-37(33-18-20-48-44(27-33)42-12-1-3-16-46(42)53-48)24-38(26-39)34-19-21-49-45(28-34)43-13-2-4-17-47(43)54-49/h1-28H. The third kappa shape index (κ3) is 5.22. The Hall–Kier alpha value is -7.66. The Labute approximate surface area is 311 Å².